The number of nitrogens with zero attached hydrogens (tertiary/aromatic N) is 1. The zero-order valence-corrected chi connectivity index (χ0v) is 11.1. The van der Waals surface area contributed by atoms with Crippen molar-refractivity contribution in [3.8, 4) is 0 Å². The summed E-state index contributed by atoms with van der Waals surface area (Å²) in [6.45, 7) is 6.58. The summed E-state index contributed by atoms with van der Waals surface area (Å²) in [6.07, 6.45) is 2.19. The third kappa shape index (κ3) is 2.14. The SMILES string of the molecule is CC(C)(C)OC(=O)N1C[C@H]2CC[C@H]1[C@@H]2Br. The van der Waals surface area contributed by atoms with Crippen LogP contribution in [0.2, 0.25) is 0 Å². The third-order valence-corrected chi connectivity index (χ3v) is 4.47. The number of rotatable bonds is 0. The second kappa shape index (κ2) is 3.65. The lowest BCUT2D eigenvalue weighted by Crippen LogP contribution is -2.42. The highest BCUT2D eigenvalue weighted by atomic mass is 79.9. The van der Waals surface area contributed by atoms with Gasteiger partial charge in [0.05, 0.1) is 0 Å². The van der Waals surface area contributed by atoms with Crippen LogP contribution in [0.5, 0.6) is 0 Å². The van der Waals surface area contributed by atoms with Gasteiger partial charge < -0.3 is 9.64 Å². The first-order chi connectivity index (χ1) is 6.88. The number of hydrogen-bond acceptors (Lipinski definition) is 2. The van der Waals surface area contributed by atoms with Gasteiger partial charge in [0.1, 0.15) is 5.60 Å². The van der Waals surface area contributed by atoms with E-state index in [4.69, 9.17) is 4.74 Å². The van der Waals surface area contributed by atoms with Crippen LogP contribution in [0.1, 0.15) is 33.6 Å². The molecule has 0 spiro atoms. The predicted octanol–water partition coefficient (Wildman–Crippen LogP) is 2.78. The molecule has 1 amide bonds. The lowest BCUT2D eigenvalue weighted by atomic mass is 10.1. The molecule has 2 bridgehead atoms. The minimum absolute atomic E-state index is 0.154. The standard InChI is InChI=1S/C11H18BrNO2/c1-11(2,3)15-10(14)13-6-7-4-5-8(13)9(7)12/h7-9H,4-6H2,1-3H3/t7-,8+,9-/m1/s1. The highest BCUT2D eigenvalue weighted by Crippen LogP contribution is 2.42. The summed E-state index contributed by atoms with van der Waals surface area (Å²) >= 11 is 3.67. The molecule has 4 heteroatoms. The number of carbonyl (C=O) groups is 1. The summed E-state index contributed by atoms with van der Waals surface area (Å²) < 4.78 is 5.39. The molecule has 0 radical (unpaired) electrons. The smallest absolute Gasteiger partial charge is 0.410 e. The number of likely N-dealkylation sites (tertiary alicyclic amines) is 1. The molecule has 2 fully saturated rings. The van der Waals surface area contributed by atoms with Crippen molar-refractivity contribution in [3.63, 3.8) is 0 Å². The lowest BCUT2D eigenvalue weighted by Gasteiger charge is -2.30. The first kappa shape index (κ1) is 11.2. The number of alkyl halides is 1. The molecule has 86 valence electrons. The molecule has 0 aromatic carbocycles. The van der Waals surface area contributed by atoms with Gasteiger partial charge in [-0.2, -0.15) is 0 Å². The second-order valence-corrected chi connectivity index (χ2v) is 6.54. The fraction of sp³-hybridized carbons (Fsp3) is 0.909. The van der Waals surface area contributed by atoms with Gasteiger partial charge >= 0.3 is 6.09 Å². The minimum atomic E-state index is -0.388. The van der Waals surface area contributed by atoms with Crippen molar-refractivity contribution in [2.24, 2.45) is 5.92 Å². The number of piperidine rings is 1. The van der Waals surface area contributed by atoms with Crippen LogP contribution in [0.15, 0.2) is 0 Å². The van der Waals surface area contributed by atoms with Gasteiger partial charge in [-0.15, -0.1) is 0 Å². The maximum atomic E-state index is 11.9. The Bertz CT molecular complexity index is 274. The molecule has 2 aliphatic rings. The fourth-order valence-corrected chi connectivity index (χ4v) is 3.44. The second-order valence-electron chi connectivity index (χ2n) is 5.48. The van der Waals surface area contributed by atoms with Crippen molar-refractivity contribution in [1.29, 1.82) is 0 Å². The number of ether oxygens (including phenoxy) is 1. The average molecular weight is 276 g/mol. The van der Waals surface area contributed by atoms with Gasteiger partial charge in [0.15, 0.2) is 0 Å². The molecule has 0 unspecified atom stereocenters. The minimum Gasteiger partial charge on any atom is -0.444 e. The molecule has 1 heterocycles. The van der Waals surface area contributed by atoms with Crippen LogP contribution in [0.3, 0.4) is 0 Å². The molecule has 1 aliphatic carbocycles. The van der Waals surface area contributed by atoms with Crippen LogP contribution in [0.25, 0.3) is 0 Å². The number of hydrogen-bond donors (Lipinski definition) is 0. The van der Waals surface area contributed by atoms with Gasteiger partial charge in [0.25, 0.3) is 0 Å². The van der Waals surface area contributed by atoms with E-state index in [-0.39, 0.29) is 11.7 Å². The molecule has 1 aliphatic heterocycles. The highest BCUT2D eigenvalue weighted by Gasteiger charge is 2.48. The van der Waals surface area contributed by atoms with Gasteiger partial charge in [-0.05, 0) is 39.5 Å². The van der Waals surface area contributed by atoms with Crippen LogP contribution >= 0.6 is 15.9 Å². The normalized spacial score (nSPS) is 34.7. The van der Waals surface area contributed by atoms with E-state index in [9.17, 15) is 4.79 Å². The maximum Gasteiger partial charge on any atom is 0.410 e. The average Bonchev–Trinajstić information content (AvgIpc) is 2.59. The van der Waals surface area contributed by atoms with E-state index < -0.39 is 0 Å². The topological polar surface area (TPSA) is 29.5 Å². The van der Waals surface area contributed by atoms with Crippen LogP contribution in [-0.2, 0) is 4.74 Å². The summed E-state index contributed by atoms with van der Waals surface area (Å²) in [5.74, 6) is 0.627. The summed E-state index contributed by atoms with van der Waals surface area (Å²) in [5, 5.41) is 0. The molecule has 0 N–H and O–H groups in total. The highest BCUT2D eigenvalue weighted by molar-refractivity contribution is 9.09. The molecule has 3 atom stereocenters. The monoisotopic (exact) mass is 275 g/mol. The summed E-state index contributed by atoms with van der Waals surface area (Å²) in [4.78, 5) is 14.2. The van der Waals surface area contributed by atoms with Crippen molar-refractivity contribution < 1.29 is 9.53 Å². The largest absolute Gasteiger partial charge is 0.444 e. The Morgan fingerprint density at radius 1 is 1.40 bits per heavy atom. The molecule has 0 aromatic heterocycles. The molecule has 15 heavy (non-hydrogen) atoms. The summed E-state index contributed by atoms with van der Waals surface area (Å²) in [7, 11) is 0. The van der Waals surface area contributed by atoms with Crippen LogP contribution in [0.4, 0.5) is 4.79 Å². The quantitative estimate of drug-likeness (QED) is 0.637. The Kier molecular flexibility index (Phi) is 2.73. The van der Waals surface area contributed by atoms with E-state index in [0.717, 1.165) is 13.0 Å². The van der Waals surface area contributed by atoms with Crippen molar-refractivity contribution in [3.05, 3.63) is 0 Å². The Morgan fingerprint density at radius 2 is 2.07 bits per heavy atom. The summed E-state index contributed by atoms with van der Waals surface area (Å²) in [5.41, 5.74) is -0.388. The molecule has 1 saturated carbocycles. The van der Waals surface area contributed by atoms with E-state index in [2.05, 4.69) is 15.9 Å². The van der Waals surface area contributed by atoms with Crippen molar-refractivity contribution >= 4 is 22.0 Å². The Hall–Kier alpha value is -0.250. The van der Waals surface area contributed by atoms with Gasteiger partial charge in [0.2, 0.25) is 0 Å². The van der Waals surface area contributed by atoms with Crippen molar-refractivity contribution in [1.82, 2.24) is 4.90 Å². The van der Waals surface area contributed by atoms with E-state index in [1.165, 1.54) is 6.42 Å². The van der Waals surface area contributed by atoms with Gasteiger partial charge in [0, 0.05) is 17.4 Å². The Balaban J connectivity index is 1.99. The molecule has 3 nitrogen and oxygen atoms in total. The molecule has 1 saturated heterocycles. The zero-order valence-electron chi connectivity index (χ0n) is 9.50. The molecular weight excluding hydrogens is 258 g/mol. The number of amides is 1. The first-order valence-corrected chi connectivity index (χ1v) is 6.44. The summed E-state index contributed by atoms with van der Waals surface area (Å²) in [6, 6.07) is 0.352. The Labute approximate surface area is 99.3 Å². The number of fused-ring (bicyclic) bond motifs is 2. The predicted molar refractivity (Wildman–Crippen MR) is 62.2 cm³/mol. The van der Waals surface area contributed by atoms with Crippen molar-refractivity contribution in [2.45, 2.75) is 50.1 Å². The van der Waals surface area contributed by atoms with Crippen LogP contribution in [0, 0.1) is 5.92 Å². The van der Waals surface area contributed by atoms with E-state index in [0.29, 0.717) is 16.8 Å². The molecular formula is C11H18BrNO2. The van der Waals surface area contributed by atoms with E-state index in [1.54, 1.807) is 0 Å². The van der Waals surface area contributed by atoms with E-state index in [1.807, 2.05) is 25.7 Å². The maximum absolute atomic E-state index is 11.9. The molecule has 2 rings (SSSR count). The van der Waals surface area contributed by atoms with Gasteiger partial charge in [-0.25, -0.2) is 4.79 Å². The fourth-order valence-electron chi connectivity index (χ4n) is 2.46. The molecule has 0 aromatic rings. The third-order valence-electron chi connectivity index (χ3n) is 3.11. The zero-order chi connectivity index (χ0) is 11.2. The Morgan fingerprint density at radius 3 is 2.47 bits per heavy atom. The van der Waals surface area contributed by atoms with Gasteiger partial charge in [-0.3, -0.25) is 0 Å². The number of carbonyl (C=O) groups excluding carboxylic acids is 1. The first-order valence-electron chi connectivity index (χ1n) is 5.52. The van der Waals surface area contributed by atoms with Crippen molar-refractivity contribution in [2.75, 3.05) is 6.54 Å². The number of halogens is 1. The van der Waals surface area contributed by atoms with Gasteiger partial charge in [-0.1, -0.05) is 15.9 Å². The van der Waals surface area contributed by atoms with Crippen LogP contribution < -0.4 is 0 Å². The van der Waals surface area contributed by atoms with Crippen LogP contribution in [-0.4, -0.2) is 34.0 Å². The lowest BCUT2D eigenvalue weighted by molar-refractivity contribution is 0.0192. The van der Waals surface area contributed by atoms with E-state index >= 15 is 0 Å².